The average molecular weight is 310 g/mol. The summed E-state index contributed by atoms with van der Waals surface area (Å²) in [5, 5.41) is -0.00296. The lowest BCUT2D eigenvalue weighted by atomic mass is 10.1. The molecule has 0 aliphatic heterocycles. The van der Waals surface area contributed by atoms with Crippen LogP contribution in [0.25, 0.3) is 0 Å². The van der Waals surface area contributed by atoms with Crippen LogP contribution in [0.3, 0.4) is 0 Å². The van der Waals surface area contributed by atoms with E-state index >= 15 is 0 Å². The zero-order valence-corrected chi connectivity index (χ0v) is 10.5. The summed E-state index contributed by atoms with van der Waals surface area (Å²) in [5.41, 5.74) is -0.959. The van der Waals surface area contributed by atoms with E-state index in [1.807, 2.05) is 0 Å². The number of pyridine rings is 1. The Morgan fingerprint density at radius 2 is 2.24 bits per heavy atom. The largest absolute Gasteiger partial charge is 0.469 e. The minimum atomic E-state index is -2.76. The number of H-pyrrole nitrogens is 1. The smallest absolute Gasteiger partial charge is 0.310 e. The summed E-state index contributed by atoms with van der Waals surface area (Å²) in [7, 11) is 1.19. The van der Waals surface area contributed by atoms with Gasteiger partial charge in [0.05, 0.1) is 19.2 Å². The summed E-state index contributed by atoms with van der Waals surface area (Å²) in [5.74, 6) is -0.596. The van der Waals surface area contributed by atoms with Crippen molar-refractivity contribution in [1.29, 1.82) is 0 Å². The van der Waals surface area contributed by atoms with Gasteiger partial charge in [-0.15, -0.1) is 0 Å². The second-order valence-electron chi connectivity index (χ2n) is 3.22. The first kappa shape index (κ1) is 13.8. The van der Waals surface area contributed by atoms with Gasteiger partial charge in [0.2, 0.25) is 0 Å². The van der Waals surface area contributed by atoms with E-state index in [0.29, 0.717) is 0 Å². The van der Waals surface area contributed by atoms with E-state index in [0.717, 1.165) is 6.20 Å². The Morgan fingerprint density at radius 3 is 2.71 bits per heavy atom. The number of aromatic nitrogens is 1. The number of esters is 1. The molecule has 0 bridgehead atoms. The molecule has 1 aromatic heterocycles. The van der Waals surface area contributed by atoms with Crippen molar-refractivity contribution in [3.63, 3.8) is 0 Å². The monoisotopic (exact) mass is 309 g/mol. The van der Waals surface area contributed by atoms with Crippen molar-refractivity contribution in [2.24, 2.45) is 0 Å². The first-order valence-corrected chi connectivity index (χ1v) is 5.77. The lowest BCUT2D eigenvalue weighted by Crippen LogP contribution is -2.20. The van der Waals surface area contributed by atoms with Crippen molar-refractivity contribution in [3.05, 3.63) is 33.2 Å². The molecule has 94 valence electrons. The summed E-state index contributed by atoms with van der Waals surface area (Å²) in [4.78, 5) is 25.1. The second-order valence-corrected chi connectivity index (χ2v) is 3.78. The zero-order valence-electron chi connectivity index (χ0n) is 8.93. The summed E-state index contributed by atoms with van der Waals surface area (Å²) >= 11 is 2.98. The lowest BCUT2D eigenvalue weighted by molar-refractivity contribution is -0.139. The van der Waals surface area contributed by atoms with E-state index in [1.54, 1.807) is 0 Å². The lowest BCUT2D eigenvalue weighted by Gasteiger charge is -2.08. The highest BCUT2D eigenvalue weighted by molar-refractivity contribution is 9.08. The van der Waals surface area contributed by atoms with Gasteiger partial charge in [-0.05, 0) is 0 Å². The highest BCUT2D eigenvalue weighted by Gasteiger charge is 2.18. The fraction of sp³-hybridized carbons (Fsp3) is 0.400. The predicted molar refractivity (Wildman–Crippen MR) is 60.4 cm³/mol. The third-order valence-electron chi connectivity index (χ3n) is 2.21. The number of methoxy groups -OCH3 is 1. The molecule has 0 amide bonds. The number of hydrogen-bond donors (Lipinski definition) is 1. The first-order valence-electron chi connectivity index (χ1n) is 4.65. The van der Waals surface area contributed by atoms with Gasteiger partial charge in [0, 0.05) is 22.7 Å². The van der Waals surface area contributed by atoms with Crippen LogP contribution in [0.2, 0.25) is 0 Å². The van der Waals surface area contributed by atoms with Crippen LogP contribution >= 0.6 is 15.9 Å². The zero-order chi connectivity index (χ0) is 13.0. The molecule has 0 fully saturated rings. The molecule has 0 saturated carbocycles. The van der Waals surface area contributed by atoms with Gasteiger partial charge in [0.1, 0.15) is 0 Å². The average Bonchev–Trinajstić information content (AvgIpc) is 2.30. The predicted octanol–water partition coefficient (Wildman–Crippen LogP) is 1.92. The van der Waals surface area contributed by atoms with Crippen LogP contribution in [0.4, 0.5) is 8.78 Å². The fourth-order valence-corrected chi connectivity index (χ4v) is 1.88. The second kappa shape index (κ2) is 5.90. The molecule has 0 saturated heterocycles. The van der Waals surface area contributed by atoms with Crippen molar-refractivity contribution in [2.45, 2.75) is 18.2 Å². The van der Waals surface area contributed by atoms with Crippen LogP contribution in [0.5, 0.6) is 0 Å². The molecule has 0 aliphatic carbocycles. The molecule has 4 nitrogen and oxygen atoms in total. The van der Waals surface area contributed by atoms with Crippen molar-refractivity contribution in [1.82, 2.24) is 4.98 Å². The van der Waals surface area contributed by atoms with E-state index < -0.39 is 23.5 Å². The normalized spacial score (nSPS) is 10.6. The van der Waals surface area contributed by atoms with Gasteiger partial charge in [-0.1, -0.05) is 15.9 Å². The molecule has 1 N–H and O–H groups in total. The van der Waals surface area contributed by atoms with Gasteiger partial charge < -0.3 is 9.72 Å². The number of ether oxygens (including phenoxy) is 1. The number of carbonyl (C=O) groups is 1. The molecule has 17 heavy (non-hydrogen) atoms. The Balaban J connectivity index is 3.20. The van der Waals surface area contributed by atoms with Crippen LogP contribution in [-0.2, 0) is 21.3 Å². The minimum Gasteiger partial charge on any atom is -0.469 e. The summed E-state index contributed by atoms with van der Waals surface area (Å²) < 4.78 is 29.6. The first-order chi connectivity index (χ1) is 8.01. The van der Waals surface area contributed by atoms with E-state index in [1.165, 1.54) is 7.11 Å². The summed E-state index contributed by atoms with van der Waals surface area (Å²) in [6.45, 7) is 0. The summed E-state index contributed by atoms with van der Waals surface area (Å²) in [6.07, 6.45) is -1.88. The van der Waals surface area contributed by atoms with Crippen molar-refractivity contribution < 1.29 is 18.3 Å². The van der Waals surface area contributed by atoms with Gasteiger partial charge in [0.25, 0.3) is 6.43 Å². The van der Waals surface area contributed by atoms with Crippen molar-refractivity contribution >= 4 is 21.9 Å². The maximum Gasteiger partial charge on any atom is 0.310 e. The van der Waals surface area contributed by atoms with Crippen LogP contribution in [0.15, 0.2) is 11.0 Å². The van der Waals surface area contributed by atoms with Gasteiger partial charge in [-0.25, -0.2) is 8.78 Å². The van der Waals surface area contributed by atoms with Gasteiger partial charge in [-0.3, -0.25) is 9.59 Å². The van der Waals surface area contributed by atoms with Crippen LogP contribution in [0, 0.1) is 0 Å². The topological polar surface area (TPSA) is 59.2 Å². The molecule has 1 aromatic rings. The van der Waals surface area contributed by atoms with Crippen molar-refractivity contribution in [3.8, 4) is 0 Å². The van der Waals surface area contributed by atoms with E-state index in [4.69, 9.17) is 0 Å². The fourth-order valence-electron chi connectivity index (χ4n) is 1.32. The number of halogens is 3. The van der Waals surface area contributed by atoms with Crippen molar-refractivity contribution in [2.75, 3.05) is 7.11 Å². The van der Waals surface area contributed by atoms with E-state index in [2.05, 4.69) is 25.7 Å². The molecule has 0 aromatic carbocycles. The molecule has 0 spiro atoms. The molecular weight excluding hydrogens is 300 g/mol. The number of rotatable bonds is 4. The molecular formula is C10H10BrF2NO3. The Hall–Kier alpha value is -1.24. The highest BCUT2D eigenvalue weighted by Crippen LogP contribution is 2.20. The highest BCUT2D eigenvalue weighted by atomic mass is 79.9. The molecule has 0 unspecified atom stereocenters. The third-order valence-corrected chi connectivity index (χ3v) is 2.77. The van der Waals surface area contributed by atoms with Crippen LogP contribution < -0.4 is 5.43 Å². The quantitative estimate of drug-likeness (QED) is 0.683. The van der Waals surface area contributed by atoms with Gasteiger partial charge in [-0.2, -0.15) is 0 Å². The molecule has 7 heteroatoms. The molecule has 1 heterocycles. The number of hydrogen-bond acceptors (Lipinski definition) is 3. The number of carbonyl (C=O) groups excluding carboxylic acids is 1. The summed E-state index contributed by atoms with van der Waals surface area (Å²) in [6, 6.07) is 0. The Bertz CT molecular complexity index is 473. The third kappa shape index (κ3) is 3.12. The Labute approximate surface area is 104 Å². The van der Waals surface area contributed by atoms with E-state index in [9.17, 15) is 18.4 Å². The van der Waals surface area contributed by atoms with Crippen LogP contribution in [-0.4, -0.2) is 18.1 Å². The molecule has 1 rings (SSSR count). The molecule has 0 atom stereocenters. The number of nitrogens with one attached hydrogen (secondary N) is 1. The SMILES string of the molecule is COC(=O)Cc1c[nH]c(C(F)F)c(CBr)c1=O. The van der Waals surface area contributed by atoms with Gasteiger partial charge >= 0.3 is 5.97 Å². The Kier molecular flexibility index (Phi) is 4.80. The maximum atomic E-state index is 12.6. The molecule has 0 aliphatic rings. The van der Waals surface area contributed by atoms with Crippen LogP contribution in [0.1, 0.15) is 23.2 Å². The molecule has 0 radical (unpaired) electrons. The number of alkyl halides is 3. The minimum absolute atomic E-state index is 0.00296. The van der Waals surface area contributed by atoms with E-state index in [-0.39, 0.29) is 22.9 Å². The van der Waals surface area contributed by atoms with Gasteiger partial charge in [0.15, 0.2) is 5.43 Å². The maximum absolute atomic E-state index is 12.6. The Morgan fingerprint density at radius 1 is 1.59 bits per heavy atom. The number of aromatic amines is 1. The standard InChI is InChI=1S/C10H10BrF2NO3/c1-17-7(15)2-5-4-14-8(10(12)13)6(3-11)9(5)16/h4,10H,2-3H2,1H3,(H,14,16).